The Bertz CT molecular complexity index is 1200. The van der Waals surface area contributed by atoms with Gasteiger partial charge < -0.3 is 14.2 Å². The highest BCUT2D eigenvalue weighted by atomic mass is 16.5. The summed E-state index contributed by atoms with van der Waals surface area (Å²) in [6.07, 6.45) is 0.701. The van der Waals surface area contributed by atoms with E-state index in [1.54, 1.807) is 61.5 Å². The molecular formula is C26H23N3O5. The van der Waals surface area contributed by atoms with Gasteiger partial charge in [0.2, 0.25) is 0 Å². The van der Waals surface area contributed by atoms with Gasteiger partial charge in [-0.05, 0) is 61.0 Å². The molecule has 0 heterocycles. The van der Waals surface area contributed by atoms with Crippen molar-refractivity contribution in [2.75, 3.05) is 7.11 Å². The van der Waals surface area contributed by atoms with Crippen molar-refractivity contribution in [3.63, 3.8) is 0 Å². The van der Waals surface area contributed by atoms with Gasteiger partial charge in [-0.2, -0.15) is 10.4 Å². The summed E-state index contributed by atoms with van der Waals surface area (Å²) < 4.78 is 16.2. The molecule has 0 radical (unpaired) electrons. The molecule has 1 amide bonds. The van der Waals surface area contributed by atoms with E-state index in [0.717, 1.165) is 5.56 Å². The van der Waals surface area contributed by atoms with Crippen LogP contribution in [0.3, 0.4) is 0 Å². The quantitative estimate of drug-likeness (QED) is 0.297. The maximum absolute atomic E-state index is 12.3. The van der Waals surface area contributed by atoms with Gasteiger partial charge in [-0.3, -0.25) is 4.79 Å². The molecule has 3 aromatic carbocycles. The van der Waals surface area contributed by atoms with E-state index in [2.05, 4.69) is 10.5 Å². The van der Waals surface area contributed by atoms with Crippen LogP contribution in [0.1, 0.15) is 34.0 Å². The highest BCUT2D eigenvalue weighted by Crippen LogP contribution is 2.18. The number of hydrogen-bond acceptors (Lipinski definition) is 7. The van der Waals surface area contributed by atoms with Crippen molar-refractivity contribution in [2.45, 2.75) is 19.6 Å². The van der Waals surface area contributed by atoms with Crippen molar-refractivity contribution < 1.29 is 23.8 Å². The molecule has 1 atom stereocenters. The first-order valence-electron chi connectivity index (χ1n) is 10.4. The van der Waals surface area contributed by atoms with E-state index >= 15 is 0 Å². The Morgan fingerprint density at radius 2 is 1.76 bits per heavy atom. The molecule has 0 fully saturated rings. The molecule has 1 N–H and O–H groups in total. The Kier molecular flexibility index (Phi) is 8.36. The van der Waals surface area contributed by atoms with Crippen LogP contribution in [0.5, 0.6) is 11.5 Å². The van der Waals surface area contributed by atoms with Crippen LogP contribution >= 0.6 is 0 Å². The minimum absolute atomic E-state index is 0.286. The Labute approximate surface area is 197 Å². The third-order valence-corrected chi connectivity index (χ3v) is 4.73. The van der Waals surface area contributed by atoms with Gasteiger partial charge in [0.15, 0.2) is 6.10 Å². The second kappa shape index (κ2) is 11.8. The highest BCUT2D eigenvalue weighted by Gasteiger charge is 2.14. The fraction of sp³-hybridized carbons (Fsp3) is 0.154. The molecule has 8 heteroatoms. The van der Waals surface area contributed by atoms with Crippen LogP contribution in [-0.2, 0) is 16.1 Å². The van der Waals surface area contributed by atoms with Crippen LogP contribution in [0, 0.1) is 11.3 Å². The predicted octanol–water partition coefficient (Wildman–Crippen LogP) is 3.84. The van der Waals surface area contributed by atoms with E-state index in [-0.39, 0.29) is 6.61 Å². The Morgan fingerprint density at radius 1 is 1.06 bits per heavy atom. The van der Waals surface area contributed by atoms with E-state index < -0.39 is 18.0 Å². The summed E-state index contributed by atoms with van der Waals surface area (Å²) in [4.78, 5) is 23.8. The molecule has 0 aliphatic carbocycles. The van der Waals surface area contributed by atoms with Crippen molar-refractivity contribution >= 4 is 18.1 Å². The van der Waals surface area contributed by atoms with Crippen LogP contribution in [0.2, 0.25) is 0 Å². The molecule has 0 aliphatic rings. The summed E-state index contributed by atoms with van der Waals surface area (Å²) in [6, 6.07) is 22.7. The Hall–Kier alpha value is -4.64. The summed E-state index contributed by atoms with van der Waals surface area (Å²) in [5.41, 5.74) is 4.98. The first kappa shape index (κ1) is 24.0. The number of nitrogens with zero attached hydrogens (tertiary/aromatic N) is 2. The lowest BCUT2D eigenvalue weighted by Gasteiger charge is -2.13. The molecule has 0 spiro atoms. The molecule has 3 rings (SSSR count). The second-order valence-electron chi connectivity index (χ2n) is 7.15. The van der Waals surface area contributed by atoms with Gasteiger partial charge in [-0.25, -0.2) is 10.2 Å². The number of esters is 1. The normalized spacial score (nSPS) is 11.3. The Balaban J connectivity index is 1.55. The number of benzene rings is 3. The van der Waals surface area contributed by atoms with Crippen molar-refractivity contribution in [3.05, 3.63) is 95.1 Å². The third kappa shape index (κ3) is 6.68. The number of para-hydroxylation sites is 1. The number of hydrogen-bond donors (Lipinski definition) is 1. The van der Waals surface area contributed by atoms with Crippen LogP contribution in [0.25, 0.3) is 0 Å². The zero-order valence-corrected chi connectivity index (χ0v) is 18.7. The van der Waals surface area contributed by atoms with Crippen molar-refractivity contribution in [3.8, 4) is 17.6 Å². The maximum atomic E-state index is 12.3. The van der Waals surface area contributed by atoms with Crippen LogP contribution < -0.4 is 14.9 Å². The number of amides is 1. The average molecular weight is 457 g/mol. The Morgan fingerprint density at radius 3 is 2.44 bits per heavy atom. The van der Waals surface area contributed by atoms with Crippen LogP contribution in [-0.4, -0.2) is 31.3 Å². The van der Waals surface area contributed by atoms with Crippen molar-refractivity contribution in [1.82, 2.24) is 5.43 Å². The smallest absolute Gasteiger partial charge is 0.337 e. The topological polar surface area (TPSA) is 110 Å². The van der Waals surface area contributed by atoms with Crippen LogP contribution in [0.4, 0.5) is 0 Å². The molecule has 8 nitrogen and oxygen atoms in total. The molecule has 0 aromatic heterocycles. The predicted molar refractivity (Wildman–Crippen MR) is 126 cm³/mol. The number of ether oxygens (including phenoxy) is 3. The summed E-state index contributed by atoms with van der Waals surface area (Å²) in [5, 5.41) is 12.9. The number of nitrogens with one attached hydrogen (secondary N) is 1. The van der Waals surface area contributed by atoms with Gasteiger partial charge in [-0.15, -0.1) is 0 Å². The molecule has 3 aromatic rings. The number of methoxy groups -OCH3 is 1. The third-order valence-electron chi connectivity index (χ3n) is 4.73. The summed E-state index contributed by atoms with van der Waals surface area (Å²) in [7, 11) is 1.34. The van der Waals surface area contributed by atoms with Gasteiger partial charge in [0, 0.05) is 5.56 Å². The zero-order valence-electron chi connectivity index (χ0n) is 18.7. The van der Waals surface area contributed by atoms with Gasteiger partial charge >= 0.3 is 5.97 Å². The van der Waals surface area contributed by atoms with Gasteiger partial charge in [-0.1, -0.05) is 24.3 Å². The minimum Gasteiger partial charge on any atom is -0.488 e. The van der Waals surface area contributed by atoms with E-state index in [0.29, 0.717) is 28.2 Å². The second-order valence-corrected chi connectivity index (χ2v) is 7.15. The molecular weight excluding hydrogens is 434 g/mol. The monoisotopic (exact) mass is 457 g/mol. The number of hydrazone groups is 1. The van der Waals surface area contributed by atoms with E-state index in [1.807, 2.05) is 24.3 Å². The van der Waals surface area contributed by atoms with Crippen LogP contribution in [0.15, 0.2) is 77.9 Å². The van der Waals surface area contributed by atoms with Gasteiger partial charge in [0.05, 0.1) is 30.5 Å². The molecule has 34 heavy (non-hydrogen) atoms. The average Bonchev–Trinajstić information content (AvgIpc) is 2.88. The number of carbonyl (C=O) groups is 2. The lowest BCUT2D eigenvalue weighted by atomic mass is 10.1. The molecule has 0 bridgehead atoms. The molecule has 0 saturated heterocycles. The van der Waals surface area contributed by atoms with Crippen molar-refractivity contribution in [2.24, 2.45) is 5.10 Å². The largest absolute Gasteiger partial charge is 0.488 e. The number of rotatable bonds is 9. The zero-order chi connectivity index (χ0) is 24.3. The summed E-state index contributed by atoms with van der Waals surface area (Å²) in [6.45, 7) is 1.89. The first-order chi connectivity index (χ1) is 16.5. The highest BCUT2D eigenvalue weighted by molar-refractivity contribution is 5.89. The van der Waals surface area contributed by atoms with E-state index in [4.69, 9.17) is 19.5 Å². The molecule has 0 saturated carbocycles. The van der Waals surface area contributed by atoms with E-state index in [1.165, 1.54) is 13.3 Å². The fourth-order valence-corrected chi connectivity index (χ4v) is 2.86. The first-order valence-corrected chi connectivity index (χ1v) is 10.4. The molecule has 0 aliphatic heterocycles. The fourth-order valence-electron chi connectivity index (χ4n) is 2.86. The number of carbonyl (C=O) groups excluding carboxylic acids is 2. The summed E-state index contributed by atoms with van der Waals surface area (Å²) in [5.74, 6) is 0.237. The number of nitriles is 1. The maximum Gasteiger partial charge on any atom is 0.337 e. The summed E-state index contributed by atoms with van der Waals surface area (Å²) >= 11 is 0. The lowest BCUT2D eigenvalue weighted by Crippen LogP contribution is -2.33. The SMILES string of the molecule is COC(=O)c1ccc(COc2ccccc2/C=N/NC(=O)C(C)Oc2ccc(C#N)cc2)cc1. The lowest BCUT2D eigenvalue weighted by molar-refractivity contribution is -0.127. The van der Waals surface area contributed by atoms with Crippen molar-refractivity contribution in [1.29, 1.82) is 5.26 Å². The van der Waals surface area contributed by atoms with Gasteiger partial charge in [0.1, 0.15) is 18.1 Å². The van der Waals surface area contributed by atoms with Gasteiger partial charge in [0.25, 0.3) is 5.91 Å². The minimum atomic E-state index is -0.787. The van der Waals surface area contributed by atoms with E-state index in [9.17, 15) is 9.59 Å². The standard InChI is InChI=1S/C26H23N3O5/c1-18(34-23-13-9-19(15-27)10-14-23)25(30)29-28-16-22-5-3-4-6-24(22)33-17-20-7-11-21(12-8-20)26(31)32-2/h3-14,16,18H,17H2,1-2H3,(H,29,30)/b28-16+. The molecule has 172 valence electrons. The molecule has 1 unspecified atom stereocenters.